The van der Waals surface area contributed by atoms with Crippen LogP contribution in [0.15, 0.2) is 0 Å². The van der Waals surface area contributed by atoms with E-state index in [0.29, 0.717) is 5.54 Å². The molecule has 3 rings (SSSR count). The van der Waals surface area contributed by atoms with Crippen LogP contribution in [-0.4, -0.2) is 30.4 Å². The fraction of sp³-hybridized carbons (Fsp3) is 0.875. The number of hydrogen-bond donors (Lipinski definition) is 1. The van der Waals surface area contributed by atoms with Crippen LogP contribution in [0.3, 0.4) is 0 Å². The van der Waals surface area contributed by atoms with Crippen molar-refractivity contribution in [2.24, 2.45) is 11.1 Å². The molecule has 2 N–H and O–H groups in total. The van der Waals surface area contributed by atoms with E-state index < -0.39 is 0 Å². The first-order valence-corrected chi connectivity index (χ1v) is 3.98. The van der Waals surface area contributed by atoms with E-state index in [1.54, 1.807) is 0 Å². The topological polar surface area (TPSA) is 46.3 Å². The van der Waals surface area contributed by atoms with Crippen LogP contribution >= 0.6 is 0 Å². The Morgan fingerprint density at radius 1 is 1.36 bits per heavy atom. The van der Waals surface area contributed by atoms with Crippen molar-refractivity contribution in [2.75, 3.05) is 14.1 Å². The third kappa shape index (κ3) is 0.601. The lowest BCUT2D eigenvalue weighted by Gasteiger charge is -2.71. The van der Waals surface area contributed by atoms with Crippen molar-refractivity contribution >= 4 is 5.91 Å². The molecule has 0 radical (unpaired) electrons. The number of nitrogens with zero attached hydrogens (tertiary/aromatic N) is 1. The monoisotopic (exact) mass is 154 g/mol. The fourth-order valence-electron chi connectivity index (χ4n) is 2.47. The molecule has 0 aromatic carbocycles. The van der Waals surface area contributed by atoms with Crippen LogP contribution in [0.1, 0.15) is 19.3 Å². The van der Waals surface area contributed by atoms with Gasteiger partial charge in [0, 0.05) is 5.54 Å². The number of rotatable bonds is 2. The van der Waals surface area contributed by atoms with Gasteiger partial charge in [-0.15, -0.1) is 0 Å². The lowest BCUT2D eigenvalue weighted by atomic mass is 9.38. The molecule has 2 bridgehead atoms. The highest BCUT2D eigenvalue weighted by molar-refractivity contribution is 5.85. The minimum Gasteiger partial charge on any atom is -0.369 e. The van der Waals surface area contributed by atoms with Crippen LogP contribution in [0, 0.1) is 5.41 Å². The molecule has 0 aliphatic heterocycles. The van der Waals surface area contributed by atoms with Crippen LogP contribution in [0.25, 0.3) is 0 Å². The van der Waals surface area contributed by atoms with Crippen LogP contribution in [0.2, 0.25) is 0 Å². The summed E-state index contributed by atoms with van der Waals surface area (Å²) in [6, 6.07) is 0. The maximum atomic E-state index is 10.9. The van der Waals surface area contributed by atoms with E-state index in [1.165, 1.54) is 0 Å². The van der Waals surface area contributed by atoms with E-state index in [0.717, 1.165) is 19.3 Å². The number of amides is 1. The molecule has 0 spiro atoms. The van der Waals surface area contributed by atoms with Gasteiger partial charge in [0.2, 0.25) is 5.91 Å². The van der Waals surface area contributed by atoms with Crippen molar-refractivity contribution in [1.29, 1.82) is 0 Å². The quantitative estimate of drug-likeness (QED) is 0.606. The zero-order chi connectivity index (χ0) is 8.28. The molecule has 0 saturated heterocycles. The average molecular weight is 154 g/mol. The smallest absolute Gasteiger partial charge is 0.223 e. The van der Waals surface area contributed by atoms with Gasteiger partial charge in [-0.2, -0.15) is 0 Å². The van der Waals surface area contributed by atoms with Crippen molar-refractivity contribution in [1.82, 2.24) is 4.90 Å². The number of nitrogens with two attached hydrogens (primary N) is 1. The predicted octanol–water partition coefficient (Wildman–Crippen LogP) is -0.0440. The van der Waals surface area contributed by atoms with Crippen LogP contribution < -0.4 is 5.73 Å². The van der Waals surface area contributed by atoms with Gasteiger partial charge in [0.25, 0.3) is 0 Å². The Morgan fingerprint density at radius 3 is 2.09 bits per heavy atom. The summed E-state index contributed by atoms with van der Waals surface area (Å²) in [4.78, 5) is 13.1. The highest BCUT2D eigenvalue weighted by Crippen LogP contribution is 2.69. The number of carbonyl (C=O) groups excluding carboxylic acids is 1. The SMILES string of the molecule is CN(C)C12CC(C(N)=O)(C1)C2. The molecule has 0 aromatic heterocycles. The largest absolute Gasteiger partial charge is 0.369 e. The van der Waals surface area contributed by atoms with Crippen molar-refractivity contribution in [3.8, 4) is 0 Å². The lowest BCUT2D eigenvalue weighted by molar-refractivity contribution is -0.206. The van der Waals surface area contributed by atoms with Gasteiger partial charge >= 0.3 is 0 Å². The standard InChI is InChI=1S/C8H14N2O/c1-10(2)8-3-7(4-8,5-8)6(9)11/h3-5H2,1-2H3,(H2,9,11). The highest BCUT2D eigenvalue weighted by atomic mass is 16.1. The van der Waals surface area contributed by atoms with Gasteiger partial charge in [-0.3, -0.25) is 4.79 Å². The van der Waals surface area contributed by atoms with E-state index in [2.05, 4.69) is 19.0 Å². The Kier molecular flexibility index (Phi) is 1.04. The molecule has 0 unspecified atom stereocenters. The molecule has 0 heterocycles. The fourth-order valence-corrected chi connectivity index (χ4v) is 2.47. The molecule has 3 aliphatic rings. The van der Waals surface area contributed by atoms with Crippen LogP contribution in [0.4, 0.5) is 0 Å². The average Bonchev–Trinajstić information content (AvgIpc) is 1.51. The Hall–Kier alpha value is -0.570. The van der Waals surface area contributed by atoms with Crippen molar-refractivity contribution in [2.45, 2.75) is 24.8 Å². The molecule has 0 aromatic rings. The zero-order valence-electron chi connectivity index (χ0n) is 7.05. The summed E-state index contributed by atoms with van der Waals surface area (Å²) in [5.41, 5.74) is 5.52. The van der Waals surface area contributed by atoms with Gasteiger partial charge in [0.05, 0.1) is 5.41 Å². The number of carbonyl (C=O) groups is 1. The second kappa shape index (κ2) is 1.61. The molecule has 3 saturated carbocycles. The van der Waals surface area contributed by atoms with Gasteiger partial charge in [0.1, 0.15) is 0 Å². The first kappa shape index (κ1) is 7.10. The molecule has 0 atom stereocenters. The molecular weight excluding hydrogens is 140 g/mol. The van der Waals surface area contributed by atoms with Crippen molar-refractivity contribution in [3.05, 3.63) is 0 Å². The molecule has 11 heavy (non-hydrogen) atoms. The molecular formula is C8H14N2O. The first-order chi connectivity index (χ1) is 5.01. The second-order valence-corrected chi connectivity index (χ2v) is 4.29. The second-order valence-electron chi connectivity index (χ2n) is 4.29. The van der Waals surface area contributed by atoms with Gasteiger partial charge in [-0.25, -0.2) is 0 Å². The summed E-state index contributed by atoms with van der Waals surface area (Å²) in [6.45, 7) is 0. The minimum absolute atomic E-state index is 0.0930. The highest BCUT2D eigenvalue weighted by Gasteiger charge is 2.71. The van der Waals surface area contributed by atoms with Gasteiger partial charge in [0.15, 0.2) is 0 Å². The number of primary amides is 1. The van der Waals surface area contributed by atoms with E-state index in [4.69, 9.17) is 5.73 Å². The van der Waals surface area contributed by atoms with Gasteiger partial charge < -0.3 is 10.6 Å². The van der Waals surface area contributed by atoms with Crippen LogP contribution in [-0.2, 0) is 4.79 Å². The maximum absolute atomic E-state index is 10.9. The van der Waals surface area contributed by atoms with E-state index in [9.17, 15) is 4.79 Å². The summed E-state index contributed by atoms with van der Waals surface area (Å²) in [7, 11) is 4.15. The van der Waals surface area contributed by atoms with Crippen molar-refractivity contribution < 1.29 is 4.79 Å². The lowest BCUT2D eigenvalue weighted by Crippen LogP contribution is -2.76. The van der Waals surface area contributed by atoms with E-state index in [1.807, 2.05) is 0 Å². The minimum atomic E-state index is -0.0961. The third-order valence-corrected chi connectivity index (χ3v) is 3.47. The molecule has 3 fully saturated rings. The molecule has 1 amide bonds. The van der Waals surface area contributed by atoms with Gasteiger partial charge in [-0.05, 0) is 33.4 Å². The Labute approximate surface area is 66.5 Å². The van der Waals surface area contributed by atoms with Crippen LogP contribution in [0.5, 0.6) is 0 Å². The molecule has 3 aliphatic carbocycles. The summed E-state index contributed by atoms with van der Waals surface area (Å²) < 4.78 is 0. The van der Waals surface area contributed by atoms with E-state index >= 15 is 0 Å². The zero-order valence-corrected chi connectivity index (χ0v) is 7.05. The molecule has 3 heteroatoms. The summed E-state index contributed by atoms with van der Waals surface area (Å²) >= 11 is 0. The van der Waals surface area contributed by atoms with E-state index in [-0.39, 0.29) is 11.3 Å². The summed E-state index contributed by atoms with van der Waals surface area (Å²) in [5.74, 6) is -0.0961. The maximum Gasteiger partial charge on any atom is 0.223 e. The third-order valence-electron chi connectivity index (χ3n) is 3.47. The normalized spacial score (nSPS) is 46.5. The van der Waals surface area contributed by atoms with Gasteiger partial charge in [-0.1, -0.05) is 0 Å². The Bertz CT molecular complexity index is 202. The first-order valence-electron chi connectivity index (χ1n) is 3.98. The Balaban J connectivity index is 2.04. The summed E-state index contributed by atoms with van der Waals surface area (Å²) in [5, 5.41) is 0. The predicted molar refractivity (Wildman–Crippen MR) is 41.9 cm³/mol. The summed E-state index contributed by atoms with van der Waals surface area (Å²) in [6.07, 6.45) is 2.97. The number of hydrogen-bond acceptors (Lipinski definition) is 2. The Morgan fingerprint density at radius 2 is 1.82 bits per heavy atom. The molecule has 62 valence electrons. The van der Waals surface area contributed by atoms with Crippen molar-refractivity contribution in [3.63, 3.8) is 0 Å². The molecule has 3 nitrogen and oxygen atoms in total.